The second-order valence-electron chi connectivity index (χ2n) is 11.0. The van der Waals surface area contributed by atoms with Gasteiger partial charge in [0.25, 0.3) is 0 Å². The maximum Gasteiger partial charge on any atom is 0.228 e. The van der Waals surface area contributed by atoms with Crippen LogP contribution in [0, 0.1) is 5.41 Å². The molecular weight excluding hydrogens is 484 g/mol. The second kappa shape index (κ2) is 11.3. The third-order valence-electron chi connectivity index (χ3n) is 8.47. The standard InChI is InChI=1S/C28H38N6O4/c1-34-13-5-6-19(34)17-38-24-14-22(21(29)9-12-31-18-15-37-16-18)32-27(33-24)25(36)20-7-4-11-28(26(20)30)10-3-2-8-23(28)35/h9,12,14,18-19H,2-8,10-11,13,15-17,29-30H2,1H3/p+1/b21-9-,31-12?/t19-,28+/m0/s1. The Balaban J connectivity index is 1.45. The zero-order valence-electron chi connectivity index (χ0n) is 22.2. The number of hydrogen-bond donors (Lipinski definition) is 3. The summed E-state index contributed by atoms with van der Waals surface area (Å²) in [6.07, 6.45) is 10.6. The Kier molecular flexibility index (Phi) is 7.90. The summed E-state index contributed by atoms with van der Waals surface area (Å²) in [6, 6.07) is 2.22. The first-order valence-electron chi connectivity index (χ1n) is 13.8. The number of rotatable bonds is 8. The number of likely N-dealkylation sites (N-methyl/N-ethyl adjacent to an activating group) is 1. The van der Waals surface area contributed by atoms with Gasteiger partial charge >= 0.3 is 0 Å². The van der Waals surface area contributed by atoms with Gasteiger partial charge in [0.15, 0.2) is 12.3 Å². The van der Waals surface area contributed by atoms with Gasteiger partial charge in [-0.2, -0.15) is 4.98 Å². The van der Waals surface area contributed by atoms with E-state index in [1.54, 1.807) is 18.4 Å². The number of hydrogen-bond acceptors (Lipinski definition) is 9. The smallest absolute Gasteiger partial charge is 0.228 e. The van der Waals surface area contributed by atoms with E-state index in [9.17, 15) is 9.59 Å². The number of carbonyl (C=O) groups is 2. The number of ether oxygens (including phenoxy) is 2. The van der Waals surface area contributed by atoms with E-state index in [1.807, 2.05) is 0 Å². The molecule has 0 aromatic carbocycles. The Morgan fingerprint density at radius 3 is 2.76 bits per heavy atom. The molecule has 1 saturated carbocycles. The van der Waals surface area contributed by atoms with Crippen LogP contribution >= 0.6 is 0 Å². The van der Waals surface area contributed by atoms with E-state index in [0.29, 0.717) is 74.0 Å². The predicted octanol–water partition coefficient (Wildman–Crippen LogP) is 0.508. The van der Waals surface area contributed by atoms with Crippen molar-refractivity contribution in [3.05, 3.63) is 34.9 Å². The number of likely N-dealkylation sites (tertiary alicyclic amines) is 1. The predicted molar refractivity (Wildman–Crippen MR) is 142 cm³/mol. The van der Waals surface area contributed by atoms with Gasteiger partial charge in [0.2, 0.25) is 17.5 Å². The quantitative estimate of drug-likeness (QED) is 0.327. The molecule has 1 spiro atoms. The molecule has 4 aliphatic rings. The van der Waals surface area contributed by atoms with Crippen LogP contribution in [-0.4, -0.2) is 78.1 Å². The van der Waals surface area contributed by atoms with Gasteiger partial charge in [-0.3, -0.25) is 9.59 Å². The molecule has 1 aromatic rings. The molecule has 2 saturated heterocycles. The Hall–Kier alpha value is -3.11. The maximum absolute atomic E-state index is 13.8. The minimum Gasteiger partial charge on any atom is -0.476 e. The molecule has 10 nitrogen and oxygen atoms in total. The highest BCUT2D eigenvalue weighted by Gasteiger charge is 2.46. The first-order valence-corrected chi connectivity index (χ1v) is 13.8. The van der Waals surface area contributed by atoms with Crippen LogP contribution in [0.25, 0.3) is 5.70 Å². The van der Waals surface area contributed by atoms with Gasteiger partial charge in [0.05, 0.1) is 16.8 Å². The normalized spacial score (nSPS) is 27.3. The first-order chi connectivity index (χ1) is 18.4. The SMILES string of the molecule is CN1CCC[C@H]1COc1cc(/C(N)=C/C=[NH+]C2COC2)nc(C(=O)C2=C(N)[C@]3(CCCCC3=O)CCC2)n1. The molecule has 2 aliphatic heterocycles. The number of nitrogens with two attached hydrogens (primary N) is 2. The molecule has 0 radical (unpaired) electrons. The van der Waals surface area contributed by atoms with Crippen molar-refractivity contribution in [1.82, 2.24) is 14.9 Å². The van der Waals surface area contributed by atoms with Crippen LogP contribution in [0.3, 0.4) is 0 Å². The molecule has 10 heteroatoms. The Morgan fingerprint density at radius 2 is 2.05 bits per heavy atom. The summed E-state index contributed by atoms with van der Waals surface area (Å²) < 4.78 is 11.3. The van der Waals surface area contributed by atoms with Gasteiger partial charge in [-0.1, -0.05) is 6.42 Å². The van der Waals surface area contributed by atoms with Gasteiger partial charge in [0.1, 0.15) is 25.6 Å². The fourth-order valence-electron chi connectivity index (χ4n) is 5.95. The van der Waals surface area contributed by atoms with Crippen molar-refractivity contribution in [3.8, 4) is 5.88 Å². The summed E-state index contributed by atoms with van der Waals surface area (Å²) in [5, 5.41) is 0. The lowest BCUT2D eigenvalue weighted by atomic mass is 9.64. The van der Waals surface area contributed by atoms with Crippen molar-refractivity contribution in [2.45, 2.75) is 69.9 Å². The number of nitrogens with one attached hydrogen (secondary N) is 1. The van der Waals surface area contributed by atoms with Crippen molar-refractivity contribution in [1.29, 1.82) is 0 Å². The Morgan fingerprint density at radius 1 is 1.24 bits per heavy atom. The Labute approximate surface area is 223 Å². The highest BCUT2D eigenvalue weighted by atomic mass is 16.5. The molecule has 0 bridgehead atoms. The molecule has 0 amide bonds. The zero-order valence-corrected chi connectivity index (χ0v) is 22.2. The average Bonchev–Trinajstić information content (AvgIpc) is 3.31. The fraction of sp³-hybridized carbons (Fsp3) is 0.607. The number of nitrogens with zero attached hydrogens (tertiary/aromatic N) is 3. The molecule has 2 atom stereocenters. The van der Waals surface area contributed by atoms with Crippen LogP contribution < -0.4 is 21.2 Å². The molecule has 2 aliphatic carbocycles. The molecule has 204 valence electrons. The van der Waals surface area contributed by atoms with Crippen LogP contribution in [0.5, 0.6) is 5.88 Å². The molecule has 1 aromatic heterocycles. The van der Waals surface area contributed by atoms with E-state index in [4.69, 9.17) is 20.9 Å². The minimum absolute atomic E-state index is 0.00719. The van der Waals surface area contributed by atoms with Gasteiger partial charge in [-0.05, 0) is 58.5 Å². The fourth-order valence-corrected chi connectivity index (χ4v) is 5.95. The van der Waals surface area contributed by atoms with Crippen molar-refractivity contribution in [2.75, 3.05) is 33.4 Å². The van der Waals surface area contributed by atoms with Crippen molar-refractivity contribution < 1.29 is 24.1 Å². The molecule has 0 unspecified atom stereocenters. The number of allylic oxidation sites excluding steroid dienone is 3. The number of Topliss-reactive ketones (excluding diaryl/α,β-unsaturated/α-hetero) is 2. The summed E-state index contributed by atoms with van der Waals surface area (Å²) in [5.41, 5.74) is 13.9. The molecule has 5 N–H and O–H groups in total. The summed E-state index contributed by atoms with van der Waals surface area (Å²) in [5.74, 6) is 0.0879. The van der Waals surface area contributed by atoms with E-state index in [0.717, 1.165) is 38.6 Å². The highest BCUT2D eigenvalue weighted by Crippen LogP contribution is 2.47. The van der Waals surface area contributed by atoms with E-state index in [1.165, 1.54) is 0 Å². The van der Waals surface area contributed by atoms with Crippen molar-refractivity contribution in [3.63, 3.8) is 0 Å². The van der Waals surface area contributed by atoms with Gasteiger partial charge in [0, 0.05) is 35.9 Å². The maximum atomic E-state index is 13.8. The lowest BCUT2D eigenvalue weighted by Crippen LogP contribution is -2.82. The number of carbonyl (C=O) groups excluding carboxylic acids is 2. The Bertz CT molecular complexity index is 1170. The molecule has 5 rings (SSSR count). The van der Waals surface area contributed by atoms with Crippen LogP contribution in [0.4, 0.5) is 0 Å². The van der Waals surface area contributed by atoms with E-state index in [-0.39, 0.29) is 29.5 Å². The topological polar surface area (TPSA) is 148 Å². The molecule has 3 fully saturated rings. The zero-order chi connectivity index (χ0) is 26.7. The van der Waals surface area contributed by atoms with Gasteiger partial charge in [-0.25, -0.2) is 9.98 Å². The van der Waals surface area contributed by atoms with E-state index in [2.05, 4.69) is 26.9 Å². The van der Waals surface area contributed by atoms with Crippen LogP contribution in [0.15, 0.2) is 23.4 Å². The third kappa shape index (κ3) is 5.37. The largest absolute Gasteiger partial charge is 0.476 e. The lowest BCUT2D eigenvalue weighted by molar-refractivity contribution is -0.531. The molecular formula is C28H39N6O4+. The number of aromatic nitrogens is 2. The van der Waals surface area contributed by atoms with Crippen LogP contribution in [0.2, 0.25) is 0 Å². The first kappa shape index (κ1) is 26.5. The summed E-state index contributed by atoms with van der Waals surface area (Å²) in [7, 11) is 2.08. The third-order valence-corrected chi connectivity index (χ3v) is 8.47. The van der Waals surface area contributed by atoms with E-state index < -0.39 is 5.41 Å². The summed E-state index contributed by atoms with van der Waals surface area (Å²) in [4.78, 5) is 41.3. The van der Waals surface area contributed by atoms with E-state index >= 15 is 0 Å². The molecule has 38 heavy (non-hydrogen) atoms. The number of ketones is 2. The summed E-state index contributed by atoms with van der Waals surface area (Å²) >= 11 is 0. The second-order valence-corrected chi connectivity index (χ2v) is 11.0. The van der Waals surface area contributed by atoms with Crippen molar-refractivity contribution in [2.24, 2.45) is 16.9 Å². The van der Waals surface area contributed by atoms with Gasteiger partial charge < -0.3 is 25.8 Å². The van der Waals surface area contributed by atoms with Crippen molar-refractivity contribution >= 4 is 23.5 Å². The summed E-state index contributed by atoms with van der Waals surface area (Å²) in [6.45, 7) is 2.81. The highest BCUT2D eigenvalue weighted by molar-refractivity contribution is 6.08. The van der Waals surface area contributed by atoms with Gasteiger partial charge in [-0.15, -0.1) is 0 Å². The van der Waals surface area contributed by atoms with Crippen LogP contribution in [-0.2, 0) is 9.53 Å². The average molecular weight is 524 g/mol. The minimum atomic E-state index is -0.726. The monoisotopic (exact) mass is 523 g/mol. The van der Waals surface area contributed by atoms with Crippen LogP contribution in [0.1, 0.15) is 74.1 Å². The molecule has 3 heterocycles. The lowest BCUT2D eigenvalue weighted by Gasteiger charge is -2.40.